The van der Waals surface area contributed by atoms with Gasteiger partial charge in [-0.2, -0.15) is 0 Å². The Bertz CT molecular complexity index is 370. The van der Waals surface area contributed by atoms with E-state index in [4.69, 9.17) is 0 Å². The molecule has 0 aliphatic rings. The first-order valence-corrected chi connectivity index (χ1v) is 4.70. The van der Waals surface area contributed by atoms with Crippen LogP contribution < -0.4 is 1.54 Å². The first kappa shape index (κ1) is 8.24. The maximum atomic E-state index is 3.86. The number of aromatic nitrogens is 4. The van der Waals surface area contributed by atoms with Crippen molar-refractivity contribution < 1.29 is 38.3 Å². The van der Waals surface area contributed by atoms with Crippen molar-refractivity contribution in [3.05, 3.63) is 30.3 Å². The molecule has 0 saturated heterocycles. The minimum atomic E-state index is 0.876. The third-order valence-corrected chi connectivity index (χ3v) is 2.26. The van der Waals surface area contributed by atoms with E-state index in [0.29, 0.717) is 0 Å². The van der Waals surface area contributed by atoms with Gasteiger partial charge in [-0.05, 0) is 0 Å². The predicted octanol–water partition coefficient (Wildman–Crippen LogP) is -0.163. The van der Waals surface area contributed by atoms with Crippen LogP contribution in [0.4, 0.5) is 0 Å². The third kappa shape index (κ3) is 1.53. The molecule has 2 aromatic rings. The zero-order chi connectivity index (χ0) is 8.39. The van der Waals surface area contributed by atoms with Gasteiger partial charge in [0, 0.05) is 0 Å². The summed E-state index contributed by atoms with van der Waals surface area (Å²) in [6.07, 6.45) is 0. The summed E-state index contributed by atoms with van der Waals surface area (Å²) in [5.74, 6) is 0. The molecule has 59 valence electrons. The third-order valence-electron chi connectivity index (χ3n) is 1.44. The molecule has 5 heteroatoms. The molecule has 0 aliphatic heterocycles. The van der Waals surface area contributed by atoms with Gasteiger partial charge in [-0.3, -0.25) is 0 Å². The molecule has 0 N–H and O–H groups in total. The van der Waals surface area contributed by atoms with Crippen molar-refractivity contribution in [3.63, 3.8) is 0 Å². The summed E-state index contributed by atoms with van der Waals surface area (Å²) in [7, 11) is 0. The van der Waals surface area contributed by atoms with Crippen molar-refractivity contribution in [2.24, 2.45) is 0 Å². The van der Waals surface area contributed by atoms with Crippen LogP contribution in [0.1, 0.15) is 0 Å². The average Bonchev–Trinajstić information content (AvgIpc) is 2.53. The van der Waals surface area contributed by atoms with E-state index in [1.54, 1.807) is 4.68 Å². The monoisotopic (exact) mass is 297 g/mol. The normalized spacial score (nSPS) is 10.0. The van der Waals surface area contributed by atoms with Crippen LogP contribution in [-0.4, -0.2) is 20.2 Å². The summed E-state index contributed by atoms with van der Waals surface area (Å²) < 4.78 is 2.61. The van der Waals surface area contributed by atoms with Gasteiger partial charge in [0.15, 0.2) is 0 Å². The summed E-state index contributed by atoms with van der Waals surface area (Å²) in [6.45, 7) is 0. The van der Waals surface area contributed by atoms with Gasteiger partial charge in [0.05, 0.1) is 0 Å². The van der Waals surface area contributed by atoms with Gasteiger partial charge in [-0.1, -0.05) is 0 Å². The predicted molar refractivity (Wildman–Crippen MR) is 38.8 cm³/mol. The first-order valence-electron chi connectivity index (χ1n) is 3.39. The molecule has 0 unspecified atom stereocenters. The minimum absolute atomic E-state index is 0.876. The molecule has 0 saturated carbocycles. The van der Waals surface area contributed by atoms with Crippen molar-refractivity contribution in [2.45, 2.75) is 0 Å². The summed E-state index contributed by atoms with van der Waals surface area (Å²) in [4.78, 5) is 0. The second kappa shape index (κ2) is 3.56. The molecule has 0 radical (unpaired) electrons. The first-order chi connectivity index (χ1) is 5.88. The van der Waals surface area contributed by atoms with Crippen LogP contribution in [0.3, 0.4) is 0 Å². The molecule has 0 spiro atoms. The zero-order valence-corrected chi connectivity index (χ0v) is 8.70. The Labute approximate surface area is 95.2 Å². The topological polar surface area (TPSA) is 43.6 Å². The molecular weight excluding hydrogens is 290 g/mol. The van der Waals surface area contributed by atoms with Gasteiger partial charge in [0.25, 0.3) is 0 Å². The fourth-order valence-corrected chi connectivity index (χ4v) is 1.48. The number of hydrogen-bond donors (Lipinski definition) is 0. The Morgan fingerprint density at radius 1 is 1.17 bits per heavy atom. The van der Waals surface area contributed by atoms with Crippen molar-refractivity contribution >= 4 is 1.54 Å². The standard InChI is InChI=1S/C7H5N4.Sm/c1-2-4-7(5-3-1)11-6-8-9-10-11;/h1-5H;. The Morgan fingerprint density at radius 2 is 1.92 bits per heavy atom. The van der Waals surface area contributed by atoms with E-state index in [0.717, 1.165) is 7.23 Å². The number of nitrogens with zero attached hydrogens (tertiary/aromatic N) is 4. The van der Waals surface area contributed by atoms with E-state index >= 15 is 0 Å². The number of rotatable bonds is 1. The molecular formula is C7H5N4Sm. The van der Waals surface area contributed by atoms with Crippen LogP contribution in [0.15, 0.2) is 30.3 Å². The maximum absolute atomic E-state index is 3.86. The number of para-hydroxylation sites is 1. The van der Waals surface area contributed by atoms with Crippen LogP contribution >= 0.6 is 0 Å². The summed E-state index contributed by atoms with van der Waals surface area (Å²) in [6, 6.07) is 9.85. The van der Waals surface area contributed by atoms with Crippen LogP contribution in [0.5, 0.6) is 0 Å². The van der Waals surface area contributed by atoms with Gasteiger partial charge in [0.2, 0.25) is 0 Å². The summed E-state index contributed by atoms with van der Waals surface area (Å²) in [5.41, 5.74) is 1.01. The average molecular weight is 296 g/mol. The van der Waals surface area contributed by atoms with Crippen LogP contribution in [0.25, 0.3) is 5.69 Å². The Hall–Kier alpha value is -0.372. The van der Waals surface area contributed by atoms with E-state index in [2.05, 4.69) is 15.5 Å². The SMILES string of the molecule is [Sm][c]1nnnn1-c1ccccc1. The number of tetrazole rings is 1. The van der Waals surface area contributed by atoms with E-state index in [1.165, 1.54) is 38.3 Å². The molecule has 0 aliphatic carbocycles. The van der Waals surface area contributed by atoms with E-state index in [9.17, 15) is 0 Å². The van der Waals surface area contributed by atoms with E-state index in [1.807, 2.05) is 30.3 Å². The molecule has 1 aromatic heterocycles. The molecule has 0 bridgehead atoms. The van der Waals surface area contributed by atoms with Gasteiger partial charge >= 0.3 is 96.1 Å². The molecule has 0 amide bonds. The van der Waals surface area contributed by atoms with Crippen LogP contribution in [-0.2, 0) is 0 Å². The fourth-order valence-electron chi connectivity index (χ4n) is 0.910. The quantitative estimate of drug-likeness (QED) is 0.734. The second-order valence-corrected chi connectivity index (χ2v) is 3.38. The van der Waals surface area contributed by atoms with Crippen LogP contribution in [0.2, 0.25) is 0 Å². The molecule has 0 atom stereocenters. The van der Waals surface area contributed by atoms with Gasteiger partial charge < -0.3 is 0 Å². The van der Waals surface area contributed by atoms with Gasteiger partial charge in [-0.15, -0.1) is 0 Å². The van der Waals surface area contributed by atoms with E-state index < -0.39 is 0 Å². The number of hydrogen-bond acceptors (Lipinski definition) is 3. The van der Waals surface area contributed by atoms with Crippen molar-refractivity contribution in [3.8, 4) is 5.69 Å². The second-order valence-electron chi connectivity index (χ2n) is 2.21. The van der Waals surface area contributed by atoms with Crippen LogP contribution in [0, 0.1) is 38.3 Å². The molecule has 2 rings (SSSR count). The van der Waals surface area contributed by atoms with Crippen molar-refractivity contribution in [1.29, 1.82) is 0 Å². The Balaban J connectivity index is 2.51. The molecule has 1 aromatic carbocycles. The number of benzene rings is 1. The van der Waals surface area contributed by atoms with Gasteiger partial charge in [0.1, 0.15) is 0 Å². The molecule has 4 nitrogen and oxygen atoms in total. The zero-order valence-electron chi connectivity index (χ0n) is 6.08. The Kier molecular flexibility index (Phi) is 2.45. The fraction of sp³-hybridized carbons (Fsp3) is 0. The molecule has 1 heterocycles. The molecule has 12 heavy (non-hydrogen) atoms. The van der Waals surface area contributed by atoms with Crippen molar-refractivity contribution in [2.75, 3.05) is 0 Å². The van der Waals surface area contributed by atoms with Gasteiger partial charge in [-0.25, -0.2) is 0 Å². The van der Waals surface area contributed by atoms with Crippen molar-refractivity contribution in [1.82, 2.24) is 20.2 Å². The molecule has 0 fully saturated rings. The van der Waals surface area contributed by atoms with E-state index in [-0.39, 0.29) is 0 Å². The summed E-state index contributed by atoms with van der Waals surface area (Å²) >= 11 is 1.26. The Morgan fingerprint density at radius 3 is 2.50 bits per heavy atom. The summed E-state index contributed by atoms with van der Waals surface area (Å²) in [5, 5.41) is 11.3.